The van der Waals surface area contributed by atoms with Crippen molar-refractivity contribution in [2.75, 3.05) is 6.54 Å². The molecule has 1 N–H and O–H groups in total. The normalized spacial score (nSPS) is 21.1. The van der Waals surface area contributed by atoms with Crippen molar-refractivity contribution in [3.8, 4) is 12.3 Å². The van der Waals surface area contributed by atoms with Crippen LogP contribution in [0.4, 0.5) is 0 Å². The van der Waals surface area contributed by atoms with Gasteiger partial charge in [-0.2, -0.15) is 0 Å². The second-order valence-corrected chi connectivity index (χ2v) is 4.35. The van der Waals surface area contributed by atoms with E-state index in [4.69, 9.17) is 6.42 Å². The number of terminal acetylenes is 1. The van der Waals surface area contributed by atoms with Crippen LogP contribution in [0.1, 0.15) is 17.0 Å². The maximum Gasteiger partial charge on any atom is 0.327 e. The van der Waals surface area contributed by atoms with Gasteiger partial charge in [0.25, 0.3) is 0 Å². The topological polar surface area (TPSA) is 57.6 Å². The number of amides is 1. The number of carbonyl (C=O) groups excluding carboxylic acids is 1. The maximum atomic E-state index is 11.5. The van der Waals surface area contributed by atoms with Gasteiger partial charge in [0, 0.05) is 18.0 Å². The molecule has 4 nitrogen and oxygen atoms in total. The summed E-state index contributed by atoms with van der Waals surface area (Å²) in [6.45, 7) is 3.76. The van der Waals surface area contributed by atoms with Crippen molar-refractivity contribution in [2.24, 2.45) is 0 Å². The summed E-state index contributed by atoms with van der Waals surface area (Å²) in [6, 6.07) is 6.33. The quantitative estimate of drug-likeness (QED) is 0.653. The molecule has 0 spiro atoms. The van der Waals surface area contributed by atoms with E-state index in [1.165, 1.54) is 4.90 Å². The van der Waals surface area contributed by atoms with Crippen LogP contribution in [0.2, 0.25) is 0 Å². The maximum absolute atomic E-state index is 11.5. The van der Waals surface area contributed by atoms with Crippen molar-refractivity contribution in [2.45, 2.75) is 12.0 Å². The molecular formula is C15H13NO3. The summed E-state index contributed by atoms with van der Waals surface area (Å²) < 4.78 is 0. The zero-order valence-electron chi connectivity index (χ0n) is 10.2. The van der Waals surface area contributed by atoms with Crippen LogP contribution >= 0.6 is 0 Å². The van der Waals surface area contributed by atoms with Gasteiger partial charge < -0.3 is 10.0 Å². The average Bonchev–Trinajstić information content (AvgIpc) is 2.37. The highest BCUT2D eigenvalue weighted by atomic mass is 16.4. The van der Waals surface area contributed by atoms with Crippen LogP contribution in [0.25, 0.3) is 0 Å². The molecule has 1 aliphatic rings. The molecule has 2 atom stereocenters. The minimum atomic E-state index is -1.01. The van der Waals surface area contributed by atoms with Gasteiger partial charge in [-0.1, -0.05) is 24.6 Å². The summed E-state index contributed by atoms with van der Waals surface area (Å²) in [5, 5.41) is 9.22. The van der Waals surface area contributed by atoms with Crippen LogP contribution in [-0.4, -0.2) is 34.5 Å². The van der Waals surface area contributed by atoms with Crippen molar-refractivity contribution < 1.29 is 14.7 Å². The van der Waals surface area contributed by atoms with E-state index in [2.05, 4.69) is 12.5 Å². The van der Waals surface area contributed by atoms with E-state index in [1.54, 1.807) is 12.1 Å². The summed E-state index contributed by atoms with van der Waals surface area (Å²) in [5.74, 6) is 0.940. The lowest BCUT2D eigenvalue weighted by atomic mass is 9.82. The van der Waals surface area contributed by atoms with Gasteiger partial charge in [-0.15, -0.1) is 6.42 Å². The summed E-state index contributed by atoms with van der Waals surface area (Å²) >= 11 is 0. The second-order valence-electron chi connectivity index (χ2n) is 4.35. The number of carboxylic acids is 1. The Morgan fingerprint density at radius 2 is 2.05 bits per heavy atom. The number of nitrogens with zero attached hydrogens (tertiary/aromatic N) is 1. The lowest BCUT2D eigenvalue weighted by molar-refractivity contribution is -0.157. The van der Waals surface area contributed by atoms with E-state index < -0.39 is 12.0 Å². The van der Waals surface area contributed by atoms with Gasteiger partial charge in [0.1, 0.15) is 6.04 Å². The Morgan fingerprint density at radius 1 is 1.42 bits per heavy atom. The lowest BCUT2D eigenvalue weighted by Crippen LogP contribution is -2.60. The molecule has 0 radical (unpaired) electrons. The van der Waals surface area contributed by atoms with Crippen molar-refractivity contribution >= 4 is 11.9 Å². The van der Waals surface area contributed by atoms with E-state index in [1.807, 2.05) is 12.1 Å². The molecular weight excluding hydrogens is 242 g/mol. The molecule has 0 saturated carbocycles. The zero-order valence-corrected chi connectivity index (χ0v) is 10.2. The molecule has 4 heteroatoms. The average molecular weight is 255 g/mol. The highest BCUT2D eigenvalue weighted by molar-refractivity contribution is 5.93. The Kier molecular flexibility index (Phi) is 3.39. The van der Waals surface area contributed by atoms with Gasteiger partial charge in [-0.05, 0) is 23.8 Å². The third-order valence-electron chi connectivity index (χ3n) is 3.33. The Bertz CT molecular complexity index is 568. The number of carbonyl (C=O) groups is 2. The second kappa shape index (κ2) is 4.99. The Labute approximate surface area is 111 Å². The van der Waals surface area contributed by atoms with Crippen molar-refractivity contribution in [3.63, 3.8) is 0 Å². The third kappa shape index (κ3) is 2.23. The Morgan fingerprint density at radius 3 is 2.53 bits per heavy atom. The number of rotatable bonds is 3. The van der Waals surface area contributed by atoms with E-state index in [-0.39, 0.29) is 11.8 Å². The molecule has 2 rings (SSSR count). The predicted octanol–water partition coefficient (Wildman–Crippen LogP) is 1.23. The number of hydrogen-bond donors (Lipinski definition) is 1. The molecule has 19 heavy (non-hydrogen) atoms. The first-order valence-corrected chi connectivity index (χ1v) is 5.81. The standard InChI is InChI=1S/C15H13NO3/c1-3-10-5-7-11(8-6-10)12-9-16(13(17)4-2)14(12)15(18)19/h1,4-8,12,14H,2,9H2,(H,18,19)/t12-,14+/m1/s1. The molecule has 1 aliphatic heterocycles. The van der Waals surface area contributed by atoms with Gasteiger partial charge >= 0.3 is 5.97 Å². The smallest absolute Gasteiger partial charge is 0.327 e. The van der Waals surface area contributed by atoms with Crippen LogP contribution in [-0.2, 0) is 9.59 Å². The van der Waals surface area contributed by atoms with E-state index in [9.17, 15) is 14.7 Å². The summed E-state index contributed by atoms with van der Waals surface area (Å²) in [4.78, 5) is 24.1. The SMILES string of the molecule is C#Cc1ccc([C@H]2CN(C(=O)C=C)[C@@H]2C(=O)O)cc1. The van der Waals surface area contributed by atoms with Crippen molar-refractivity contribution in [3.05, 3.63) is 48.0 Å². The summed E-state index contributed by atoms with van der Waals surface area (Å²) in [5.41, 5.74) is 1.62. The molecule has 1 amide bonds. The fraction of sp³-hybridized carbons (Fsp3) is 0.200. The van der Waals surface area contributed by atoms with Crippen LogP contribution in [0.15, 0.2) is 36.9 Å². The number of hydrogen-bond acceptors (Lipinski definition) is 2. The molecule has 0 aliphatic carbocycles. The number of aliphatic carboxylic acids is 1. The number of benzene rings is 1. The molecule has 96 valence electrons. The van der Waals surface area contributed by atoms with Gasteiger partial charge in [-0.3, -0.25) is 4.79 Å². The van der Waals surface area contributed by atoms with E-state index >= 15 is 0 Å². The molecule has 0 bridgehead atoms. The molecule has 1 fully saturated rings. The fourth-order valence-electron chi connectivity index (χ4n) is 2.27. The summed E-state index contributed by atoms with van der Waals surface area (Å²) in [6.07, 6.45) is 6.40. The van der Waals surface area contributed by atoms with E-state index in [0.717, 1.165) is 17.2 Å². The van der Waals surface area contributed by atoms with Gasteiger partial charge in [-0.25, -0.2) is 4.79 Å². The van der Waals surface area contributed by atoms with Gasteiger partial charge in [0.05, 0.1) is 0 Å². The number of likely N-dealkylation sites (tertiary alicyclic amines) is 1. The Balaban J connectivity index is 2.22. The molecule has 1 heterocycles. The Hall–Kier alpha value is -2.54. The van der Waals surface area contributed by atoms with Gasteiger partial charge in [0.15, 0.2) is 0 Å². The first-order chi connectivity index (χ1) is 9.08. The van der Waals surface area contributed by atoms with Gasteiger partial charge in [0.2, 0.25) is 5.91 Å². The highest BCUT2D eigenvalue weighted by Crippen LogP contribution is 2.34. The third-order valence-corrected chi connectivity index (χ3v) is 3.33. The zero-order chi connectivity index (χ0) is 14.0. The molecule has 1 saturated heterocycles. The molecule has 0 aromatic heterocycles. The fourth-order valence-corrected chi connectivity index (χ4v) is 2.27. The highest BCUT2D eigenvalue weighted by Gasteiger charge is 2.46. The summed E-state index contributed by atoms with van der Waals surface area (Å²) in [7, 11) is 0. The van der Waals surface area contributed by atoms with Crippen molar-refractivity contribution in [1.29, 1.82) is 0 Å². The molecule has 1 aromatic carbocycles. The predicted molar refractivity (Wildman–Crippen MR) is 70.5 cm³/mol. The first-order valence-electron chi connectivity index (χ1n) is 5.81. The number of carboxylic acid groups (broad SMARTS) is 1. The van der Waals surface area contributed by atoms with Crippen LogP contribution in [0.3, 0.4) is 0 Å². The lowest BCUT2D eigenvalue weighted by Gasteiger charge is -2.45. The monoisotopic (exact) mass is 255 g/mol. The van der Waals surface area contributed by atoms with Crippen molar-refractivity contribution in [1.82, 2.24) is 4.90 Å². The van der Waals surface area contributed by atoms with Crippen LogP contribution in [0.5, 0.6) is 0 Å². The van der Waals surface area contributed by atoms with Crippen LogP contribution in [0, 0.1) is 12.3 Å². The van der Waals surface area contributed by atoms with E-state index in [0.29, 0.717) is 6.54 Å². The minimum Gasteiger partial charge on any atom is -0.480 e. The van der Waals surface area contributed by atoms with Crippen LogP contribution < -0.4 is 0 Å². The minimum absolute atomic E-state index is 0.201. The molecule has 1 aromatic rings. The largest absolute Gasteiger partial charge is 0.480 e. The first kappa shape index (κ1) is 12.9. The molecule has 0 unspecified atom stereocenters.